The summed E-state index contributed by atoms with van der Waals surface area (Å²) in [5.74, 6) is -1.53. The molecule has 0 amide bonds. The van der Waals surface area contributed by atoms with Gasteiger partial charge in [-0.25, -0.2) is 9.59 Å². The molecule has 0 bridgehead atoms. The summed E-state index contributed by atoms with van der Waals surface area (Å²) in [5.41, 5.74) is 0.392. The normalized spacial score (nSPS) is 12.1. The Hall–Kier alpha value is -2.38. The van der Waals surface area contributed by atoms with Crippen LogP contribution in [0.15, 0.2) is 35.1 Å². The van der Waals surface area contributed by atoms with Gasteiger partial charge in [0.05, 0.1) is 12.5 Å². The maximum Gasteiger partial charge on any atom is 0.346 e. The first-order valence-electron chi connectivity index (χ1n) is 6.67. The summed E-state index contributed by atoms with van der Waals surface area (Å²) in [6.45, 7) is 1.28. The Balaban J connectivity index is 1.84. The second kappa shape index (κ2) is 7.58. The first kappa shape index (κ1) is 16.0. The average Bonchev–Trinajstić information content (AvgIpc) is 2.98. The number of benzene rings is 1. The van der Waals surface area contributed by atoms with Crippen LogP contribution in [0.4, 0.5) is 0 Å². The molecule has 2 rings (SSSR count). The predicted octanol–water partition coefficient (Wildman–Crippen LogP) is 1.55. The van der Waals surface area contributed by atoms with Crippen LogP contribution >= 0.6 is 0 Å². The number of furan rings is 1. The van der Waals surface area contributed by atoms with Gasteiger partial charge < -0.3 is 23.7 Å². The third kappa shape index (κ3) is 4.31. The quantitative estimate of drug-likeness (QED) is 0.612. The van der Waals surface area contributed by atoms with E-state index in [0.29, 0.717) is 12.2 Å². The summed E-state index contributed by atoms with van der Waals surface area (Å²) in [4.78, 5) is 22.7. The van der Waals surface area contributed by atoms with E-state index in [4.69, 9.17) is 13.9 Å². The maximum absolute atomic E-state index is 11.5. The van der Waals surface area contributed by atoms with Crippen molar-refractivity contribution in [2.45, 2.75) is 13.2 Å². The third-order valence-electron chi connectivity index (χ3n) is 2.80. The summed E-state index contributed by atoms with van der Waals surface area (Å²) >= 11 is 0. The van der Waals surface area contributed by atoms with Crippen molar-refractivity contribution < 1.29 is 33.3 Å². The highest BCUT2D eigenvalue weighted by Crippen LogP contribution is 2.22. The lowest BCUT2D eigenvalue weighted by atomic mass is 10.1. The standard InChI is InChI=1S/C15H16O7/c1-2-19-8-13(16)21-9-14(17)22-15(18)10-3-4-11-6-20-7-12(11)5-10/h3-7,15,18H,2,8-9H2,1H3. The molecule has 7 nitrogen and oxygen atoms in total. The largest absolute Gasteiger partial charge is 0.471 e. The van der Waals surface area contributed by atoms with Gasteiger partial charge in [0.1, 0.15) is 6.61 Å². The second-order valence-electron chi connectivity index (χ2n) is 4.40. The van der Waals surface area contributed by atoms with E-state index in [1.807, 2.05) is 0 Å². The topological polar surface area (TPSA) is 95.2 Å². The summed E-state index contributed by atoms with van der Waals surface area (Å²) in [5, 5.41) is 11.5. The minimum absolute atomic E-state index is 0.233. The van der Waals surface area contributed by atoms with E-state index in [0.717, 1.165) is 10.8 Å². The van der Waals surface area contributed by atoms with Gasteiger partial charge in [0.15, 0.2) is 6.61 Å². The monoisotopic (exact) mass is 308 g/mol. The second-order valence-corrected chi connectivity index (χ2v) is 4.40. The van der Waals surface area contributed by atoms with Crippen molar-refractivity contribution >= 4 is 22.7 Å². The minimum atomic E-state index is -1.45. The number of hydrogen-bond donors (Lipinski definition) is 1. The number of carbonyl (C=O) groups is 2. The number of ether oxygens (including phenoxy) is 3. The molecule has 0 radical (unpaired) electrons. The van der Waals surface area contributed by atoms with E-state index >= 15 is 0 Å². The number of hydrogen-bond acceptors (Lipinski definition) is 7. The molecule has 0 aliphatic rings. The van der Waals surface area contributed by atoms with E-state index in [2.05, 4.69) is 4.74 Å². The number of carbonyl (C=O) groups excluding carboxylic acids is 2. The molecule has 0 aliphatic heterocycles. The van der Waals surface area contributed by atoms with Crippen LogP contribution in [0.5, 0.6) is 0 Å². The maximum atomic E-state index is 11.5. The van der Waals surface area contributed by atoms with Gasteiger partial charge in [-0.1, -0.05) is 12.1 Å². The Bertz CT molecular complexity index is 646. The number of fused-ring (bicyclic) bond motifs is 1. The van der Waals surface area contributed by atoms with Crippen LogP contribution in [0.3, 0.4) is 0 Å². The SMILES string of the molecule is CCOCC(=O)OCC(=O)OC(O)c1ccc2cocc2c1. The van der Waals surface area contributed by atoms with Crippen molar-refractivity contribution in [2.24, 2.45) is 0 Å². The van der Waals surface area contributed by atoms with Crippen molar-refractivity contribution in [1.29, 1.82) is 0 Å². The molecule has 0 spiro atoms. The zero-order chi connectivity index (χ0) is 15.9. The molecule has 0 fully saturated rings. The first-order chi connectivity index (χ1) is 10.6. The zero-order valence-corrected chi connectivity index (χ0v) is 12.0. The molecule has 0 saturated carbocycles. The number of esters is 2. The molecule has 1 aromatic carbocycles. The molecular formula is C15H16O7. The van der Waals surface area contributed by atoms with Gasteiger partial charge in [-0.15, -0.1) is 0 Å². The van der Waals surface area contributed by atoms with Gasteiger partial charge >= 0.3 is 11.9 Å². The fraction of sp³-hybridized carbons (Fsp3) is 0.333. The smallest absolute Gasteiger partial charge is 0.346 e. The summed E-state index contributed by atoms with van der Waals surface area (Å²) in [6.07, 6.45) is 1.63. The van der Waals surface area contributed by atoms with Crippen LogP contribution in [-0.4, -0.2) is 36.9 Å². The minimum Gasteiger partial charge on any atom is -0.471 e. The molecule has 0 saturated heterocycles. The third-order valence-corrected chi connectivity index (χ3v) is 2.80. The molecule has 118 valence electrons. The van der Waals surface area contributed by atoms with Crippen LogP contribution in [0.25, 0.3) is 10.8 Å². The van der Waals surface area contributed by atoms with E-state index in [-0.39, 0.29) is 6.61 Å². The Labute approximate surface area is 126 Å². The molecule has 0 aliphatic carbocycles. The number of aliphatic hydroxyl groups is 1. The zero-order valence-electron chi connectivity index (χ0n) is 12.0. The molecule has 1 heterocycles. The summed E-state index contributed by atoms with van der Waals surface area (Å²) < 4.78 is 19.3. The molecular weight excluding hydrogens is 292 g/mol. The van der Waals surface area contributed by atoms with Crippen molar-refractivity contribution in [3.8, 4) is 0 Å². The van der Waals surface area contributed by atoms with Crippen molar-refractivity contribution in [3.63, 3.8) is 0 Å². The molecule has 1 unspecified atom stereocenters. The van der Waals surface area contributed by atoms with Crippen molar-refractivity contribution in [2.75, 3.05) is 19.8 Å². The Kier molecular flexibility index (Phi) is 5.51. The van der Waals surface area contributed by atoms with Gasteiger partial charge in [-0.05, 0) is 13.0 Å². The number of rotatable bonds is 7. The van der Waals surface area contributed by atoms with Crippen LogP contribution in [0.1, 0.15) is 18.8 Å². The fourth-order valence-electron chi connectivity index (χ4n) is 1.73. The fourth-order valence-corrected chi connectivity index (χ4v) is 1.73. The lowest BCUT2D eigenvalue weighted by Crippen LogP contribution is -2.21. The number of aliphatic hydroxyl groups excluding tert-OH is 1. The molecule has 7 heteroatoms. The van der Waals surface area contributed by atoms with E-state index in [1.165, 1.54) is 6.26 Å². The Morgan fingerprint density at radius 2 is 1.95 bits per heavy atom. The highest BCUT2D eigenvalue weighted by molar-refractivity contribution is 5.82. The van der Waals surface area contributed by atoms with Crippen LogP contribution in [0.2, 0.25) is 0 Å². The molecule has 2 aromatic rings. The van der Waals surface area contributed by atoms with E-state index < -0.39 is 24.8 Å². The molecule has 22 heavy (non-hydrogen) atoms. The van der Waals surface area contributed by atoms with Gasteiger partial charge in [-0.3, -0.25) is 0 Å². The summed E-state index contributed by atoms with van der Waals surface area (Å²) in [7, 11) is 0. The van der Waals surface area contributed by atoms with Crippen LogP contribution in [-0.2, 0) is 23.8 Å². The highest BCUT2D eigenvalue weighted by Gasteiger charge is 2.16. The average molecular weight is 308 g/mol. The van der Waals surface area contributed by atoms with E-state index in [1.54, 1.807) is 31.4 Å². The highest BCUT2D eigenvalue weighted by atomic mass is 16.7. The van der Waals surface area contributed by atoms with Crippen molar-refractivity contribution in [3.05, 3.63) is 36.3 Å². The summed E-state index contributed by atoms with van der Waals surface area (Å²) in [6, 6.07) is 4.97. The van der Waals surface area contributed by atoms with Gasteiger partial charge in [0.2, 0.25) is 6.29 Å². The van der Waals surface area contributed by atoms with Crippen LogP contribution in [0, 0.1) is 0 Å². The Morgan fingerprint density at radius 1 is 1.18 bits per heavy atom. The van der Waals surface area contributed by atoms with Crippen molar-refractivity contribution in [1.82, 2.24) is 0 Å². The predicted molar refractivity (Wildman–Crippen MR) is 74.7 cm³/mol. The van der Waals surface area contributed by atoms with Gasteiger partial charge in [0, 0.05) is 22.9 Å². The Morgan fingerprint density at radius 3 is 2.73 bits per heavy atom. The van der Waals surface area contributed by atoms with Gasteiger partial charge in [0.25, 0.3) is 0 Å². The lowest BCUT2D eigenvalue weighted by Gasteiger charge is -2.12. The first-order valence-corrected chi connectivity index (χ1v) is 6.67. The van der Waals surface area contributed by atoms with Gasteiger partial charge in [-0.2, -0.15) is 0 Å². The molecule has 1 N–H and O–H groups in total. The van der Waals surface area contributed by atoms with Crippen LogP contribution < -0.4 is 0 Å². The molecule has 1 aromatic heterocycles. The lowest BCUT2D eigenvalue weighted by molar-refractivity contribution is -0.178. The van der Waals surface area contributed by atoms with E-state index in [9.17, 15) is 14.7 Å². The molecule has 1 atom stereocenters.